The number of nitro groups is 1. The first kappa shape index (κ1) is 14.9. The summed E-state index contributed by atoms with van der Waals surface area (Å²) >= 11 is 0. The van der Waals surface area contributed by atoms with Gasteiger partial charge in [-0.15, -0.1) is 0 Å². The Hall–Kier alpha value is -2.18. The summed E-state index contributed by atoms with van der Waals surface area (Å²) in [5.74, 6) is -0.113. The van der Waals surface area contributed by atoms with Crippen molar-refractivity contribution in [2.75, 3.05) is 13.1 Å². The van der Waals surface area contributed by atoms with Crippen LogP contribution in [0.3, 0.4) is 0 Å². The molecule has 7 heteroatoms. The van der Waals surface area contributed by atoms with Crippen molar-refractivity contribution in [3.05, 3.63) is 28.4 Å². The van der Waals surface area contributed by atoms with Gasteiger partial charge in [-0.2, -0.15) is 0 Å². The summed E-state index contributed by atoms with van der Waals surface area (Å²) in [6.07, 6.45) is 4.71. The standard InChI is InChI=1S/C7H13NO.C5H4N2O3/c1-7(9)8-5-3-2-4-6-8;8-4-1-2-5(6-3-4)7(9)10/h2-6H2,1H3;1-3,8H. The molecule has 0 aliphatic carbocycles. The van der Waals surface area contributed by atoms with Crippen LogP contribution < -0.4 is 0 Å². The molecule has 0 spiro atoms. The van der Waals surface area contributed by atoms with Crippen LogP contribution in [-0.4, -0.2) is 38.9 Å². The van der Waals surface area contributed by atoms with E-state index in [0.29, 0.717) is 0 Å². The van der Waals surface area contributed by atoms with Gasteiger partial charge in [0, 0.05) is 26.1 Å². The Labute approximate surface area is 111 Å². The molecule has 1 aromatic rings. The molecule has 0 aromatic carbocycles. The molecular formula is C12H17N3O4. The number of hydrogen-bond donors (Lipinski definition) is 1. The van der Waals surface area contributed by atoms with Crippen molar-refractivity contribution < 1.29 is 14.8 Å². The van der Waals surface area contributed by atoms with Crippen LogP contribution in [0.15, 0.2) is 18.3 Å². The number of likely N-dealkylation sites (tertiary alicyclic amines) is 1. The third kappa shape index (κ3) is 5.33. The Bertz CT molecular complexity index is 427. The van der Waals surface area contributed by atoms with Crippen LogP contribution in [0.2, 0.25) is 0 Å². The number of aromatic nitrogens is 1. The number of pyridine rings is 1. The maximum Gasteiger partial charge on any atom is 0.363 e. The summed E-state index contributed by atoms with van der Waals surface area (Å²) in [6.45, 7) is 3.61. The van der Waals surface area contributed by atoms with Crippen LogP contribution in [0, 0.1) is 10.1 Å². The highest BCUT2D eigenvalue weighted by Crippen LogP contribution is 2.10. The maximum atomic E-state index is 10.7. The Morgan fingerprint density at radius 3 is 2.37 bits per heavy atom. The Kier molecular flexibility index (Phi) is 5.72. The molecule has 1 aromatic heterocycles. The molecule has 1 aliphatic heterocycles. The quantitative estimate of drug-likeness (QED) is 0.617. The first-order chi connectivity index (χ1) is 9.00. The monoisotopic (exact) mass is 267 g/mol. The van der Waals surface area contributed by atoms with Crippen molar-refractivity contribution >= 4 is 11.7 Å². The number of hydrogen-bond acceptors (Lipinski definition) is 5. The highest BCUT2D eigenvalue weighted by molar-refractivity contribution is 5.73. The predicted octanol–water partition coefficient (Wildman–Crippen LogP) is 1.71. The van der Waals surface area contributed by atoms with Crippen LogP contribution in [0.25, 0.3) is 0 Å². The van der Waals surface area contributed by atoms with E-state index in [1.54, 1.807) is 6.92 Å². The topological polar surface area (TPSA) is 96.6 Å². The zero-order valence-electron chi connectivity index (χ0n) is 10.8. The van der Waals surface area contributed by atoms with Crippen molar-refractivity contribution in [2.45, 2.75) is 26.2 Å². The molecule has 0 atom stereocenters. The minimum absolute atomic E-state index is 0.0781. The van der Waals surface area contributed by atoms with E-state index in [-0.39, 0.29) is 17.5 Å². The molecule has 1 saturated heterocycles. The zero-order chi connectivity index (χ0) is 14.3. The van der Waals surface area contributed by atoms with Gasteiger partial charge in [0.1, 0.15) is 0 Å². The van der Waals surface area contributed by atoms with E-state index >= 15 is 0 Å². The predicted molar refractivity (Wildman–Crippen MR) is 68.7 cm³/mol. The summed E-state index contributed by atoms with van der Waals surface area (Å²) in [4.78, 5) is 25.3. The van der Waals surface area contributed by atoms with Gasteiger partial charge in [0.25, 0.3) is 0 Å². The van der Waals surface area contributed by atoms with Crippen LogP contribution in [0.5, 0.6) is 5.75 Å². The molecule has 1 amide bonds. The first-order valence-corrected chi connectivity index (χ1v) is 6.05. The van der Waals surface area contributed by atoms with Gasteiger partial charge in [-0.1, -0.05) is 0 Å². The molecule has 0 bridgehead atoms. The fourth-order valence-corrected chi connectivity index (χ4v) is 1.70. The van der Waals surface area contributed by atoms with Crippen molar-refractivity contribution in [2.24, 2.45) is 0 Å². The van der Waals surface area contributed by atoms with E-state index in [9.17, 15) is 14.9 Å². The Morgan fingerprint density at radius 1 is 1.37 bits per heavy atom. The van der Waals surface area contributed by atoms with Gasteiger partial charge in [-0.05, 0) is 35.2 Å². The minimum Gasteiger partial charge on any atom is -0.504 e. The molecule has 19 heavy (non-hydrogen) atoms. The number of carbonyl (C=O) groups is 1. The number of rotatable bonds is 1. The molecule has 0 unspecified atom stereocenters. The zero-order valence-corrected chi connectivity index (χ0v) is 10.8. The second-order valence-electron chi connectivity index (χ2n) is 4.20. The molecule has 0 saturated carbocycles. The molecule has 0 radical (unpaired) electrons. The van der Waals surface area contributed by atoms with Gasteiger partial charge < -0.3 is 20.1 Å². The highest BCUT2D eigenvalue weighted by atomic mass is 16.6. The Balaban J connectivity index is 0.000000191. The van der Waals surface area contributed by atoms with Crippen molar-refractivity contribution in [1.82, 2.24) is 9.88 Å². The summed E-state index contributed by atoms with van der Waals surface area (Å²) < 4.78 is 0. The number of amides is 1. The Morgan fingerprint density at radius 2 is 2.00 bits per heavy atom. The summed E-state index contributed by atoms with van der Waals surface area (Å²) in [5, 5.41) is 18.6. The fourth-order valence-electron chi connectivity index (χ4n) is 1.70. The fraction of sp³-hybridized carbons (Fsp3) is 0.500. The maximum absolute atomic E-state index is 10.7. The average molecular weight is 267 g/mol. The second kappa shape index (κ2) is 7.30. The van der Waals surface area contributed by atoms with Gasteiger partial charge in [-0.25, -0.2) is 0 Å². The molecular weight excluding hydrogens is 250 g/mol. The lowest BCUT2D eigenvalue weighted by molar-refractivity contribution is -0.389. The van der Waals surface area contributed by atoms with Gasteiger partial charge in [0.2, 0.25) is 5.91 Å². The van der Waals surface area contributed by atoms with Gasteiger partial charge >= 0.3 is 5.82 Å². The normalized spacial score (nSPS) is 14.3. The van der Waals surface area contributed by atoms with Crippen LogP contribution in [0.4, 0.5) is 5.82 Å². The van der Waals surface area contributed by atoms with E-state index in [0.717, 1.165) is 25.4 Å². The van der Waals surface area contributed by atoms with Crippen LogP contribution >= 0.6 is 0 Å². The third-order valence-corrected chi connectivity index (χ3v) is 2.72. The van der Waals surface area contributed by atoms with E-state index in [1.165, 1.54) is 25.3 Å². The van der Waals surface area contributed by atoms with Crippen molar-refractivity contribution in [1.29, 1.82) is 0 Å². The molecule has 1 aliphatic rings. The minimum atomic E-state index is -0.626. The van der Waals surface area contributed by atoms with Gasteiger partial charge in [0.05, 0.1) is 0 Å². The lowest BCUT2D eigenvalue weighted by Crippen LogP contribution is -2.33. The molecule has 1 N–H and O–H groups in total. The largest absolute Gasteiger partial charge is 0.504 e. The average Bonchev–Trinajstić information content (AvgIpc) is 2.41. The van der Waals surface area contributed by atoms with E-state index < -0.39 is 4.92 Å². The lowest BCUT2D eigenvalue weighted by Gasteiger charge is -2.24. The first-order valence-electron chi connectivity index (χ1n) is 6.05. The number of piperidine rings is 1. The van der Waals surface area contributed by atoms with E-state index in [2.05, 4.69) is 4.98 Å². The van der Waals surface area contributed by atoms with Gasteiger partial charge in [-0.3, -0.25) is 4.79 Å². The molecule has 2 heterocycles. The smallest absolute Gasteiger partial charge is 0.363 e. The second-order valence-corrected chi connectivity index (χ2v) is 4.20. The number of aromatic hydroxyl groups is 1. The lowest BCUT2D eigenvalue weighted by atomic mass is 10.1. The van der Waals surface area contributed by atoms with Gasteiger partial charge in [0.15, 0.2) is 11.9 Å². The number of carbonyl (C=O) groups excluding carboxylic acids is 1. The van der Waals surface area contributed by atoms with Crippen LogP contribution in [-0.2, 0) is 4.79 Å². The van der Waals surface area contributed by atoms with Crippen LogP contribution in [0.1, 0.15) is 26.2 Å². The molecule has 7 nitrogen and oxygen atoms in total. The summed E-state index contributed by atoms with van der Waals surface area (Å²) in [7, 11) is 0. The van der Waals surface area contributed by atoms with Crippen molar-refractivity contribution in [3.8, 4) is 5.75 Å². The SMILES string of the molecule is CC(=O)N1CCCCC1.O=[N+]([O-])c1ccc(O)cn1. The van der Waals surface area contributed by atoms with E-state index in [1.807, 2.05) is 4.90 Å². The van der Waals surface area contributed by atoms with E-state index in [4.69, 9.17) is 5.11 Å². The third-order valence-electron chi connectivity index (χ3n) is 2.72. The highest BCUT2D eigenvalue weighted by Gasteiger charge is 2.11. The molecule has 1 fully saturated rings. The van der Waals surface area contributed by atoms with Crippen molar-refractivity contribution in [3.63, 3.8) is 0 Å². The number of nitrogens with zero attached hydrogens (tertiary/aromatic N) is 3. The summed E-state index contributed by atoms with van der Waals surface area (Å²) in [5.41, 5.74) is 0. The summed E-state index contributed by atoms with van der Waals surface area (Å²) in [6, 6.07) is 2.35. The molecule has 2 rings (SSSR count). The molecule has 104 valence electrons.